The van der Waals surface area contributed by atoms with E-state index in [4.69, 9.17) is 21.0 Å². The van der Waals surface area contributed by atoms with E-state index >= 15 is 0 Å². The van der Waals surface area contributed by atoms with Gasteiger partial charge >= 0.3 is 22.2 Å². The van der Waals surface area contributed by atoms with E-state index in [-0.39, 0.29) is 10.8 Å². The number of rotatable bonds is 17. The van der Waals surface area contributed by atoms with Gasteiger partial charge in [-0.25, -0.2) is 24.8 Å². The monoisotopic (exact) mass is 761 g/mol. The van der Waals surface area contributed by atoms with E-state index < -0.39 is 58.2 Å². The van der Waals surface area contributed by atoms with E-state index in [9.17, 15) is 27.9 Å². The van der Waals surface area contributed by atoms with Crippen LogP contribution in [-0.4, -0.2) is 94.7 Å². The Morgan fingerprint density at radius 2 is 1.98 bits per heavy atom. The van der Waals surface area contributed by atoms with Gasteiger partial charge in [0.2, 0.25) is 5.82 Å². The molecule has 3 aromatic heterocycles. The molecule has 2 atom stereocenters. The number of nitrogen functional groups attached to an aromatic ring is 1. The molecule has 0 saturated carbocycles. The number of nitrogens with one attached hydrogen (secondary N) is 2. The van der Waals surface area contributed by atoms with E-state index in [1.54, 1.807) is 24.3 Å². The number of pyridine rings is 1. The van der Waals surface area contributed by atoms with E-state index in [1.165, 1.54) is 19.2 Å². The van der Waals surface area contributed by atoms with Crippen molar-refractivity contribution >= 4 is 72.9 Å². The zero-order valence-electron chi connectivity index (χ0n) is 28.4. The standard InChI is InChI=1S/C30H36N10O10S2/c1-30(2)25(27(42)40(30)50-52(45,46)47-4)36-26(41)24(20-16-51-29(32)34-20)37-49-21(28(43)44)15-48-18-7-8-19-17(14-18)6-9-22(33-19)35-23-10-13-39(38(23)3)12-5-11-31/h6-10,13-14,16,21,25H,5,11-12,15,31H2,1-4H3,(H4,32,34,36,41,43,44)/p+1/b37-24-/t21-,25?/m0/s1. The maximum absolute atomic E-state index is 13.4. The van der Waals surface area contributed by atoms with Gasteiger partial charge in [0, 0.05) is 29.1 Å². The number of nitrogens with zero attached hydrogens (tertiary/aromatic N) is 6. The van der Waals surface area contributed by atoms with Crippen LogP contribution < -0.4 is 31.5 Å². The van der Waals surface area contributed by atoms with Crippen LogP contribution in [0.25, 0.3) is 10.9 Å². The molecule has 2 amide bonds. The van der Waals surface area contributed by atoms with E-state index in [2.05, 4.69) is 34.2 Å². The molecule has 7 N–H and O–H groups in total. The van der Waals surface area contributed by atoms with Crippen molar-refractivity contribution in [1.82, 2.24) is 25.0 Å². The summed E-state index contributed by atoms with van der Waals surface area (Å²) in [6.07, 6.45) is 1.11. The number of fused-ring (bicyclic) bond motifs is 1. The fourth-order valence-electron chi connectivity index (χ4n) is 4.98. The second-order valence-corrected chi connectivity index (χ2v) is 14.0. The number of benzene rings is 1. The number of hydrogen-bond acceptors (Lipinski definition) is 16. The lowest BCUT2D eigenvalue weighted by atomic mass is 9.84. The van der Waals surface area contributed by atoms with Crippen molar-refractivity contribution in [3.8, 4) is 5.75 Å². The number of aliphatic carboxylic acids is 1. The Morgan fingerprint density at radius 1 is 1.21 bits per heavy atom. The van der Waals surface area contributed by atoms with Crippen molar-refractivity contribution in [1.29, 1.82) is 0 Å². The van der Waals surface area contributed by atoms with Crippen molar-refractivity contribution in [2.75, 3.05) is 31.3 Å². The van der Waals surface area contributed by atoms with Gasteiger partial charge in [0.05, 0.1) is 24.7 Å². The third kappa shape index (κ3) is 8.37. The minimum Gasteiger partial charge on any atom is -0.489 e. The summed E-state index contributed by atoms with van der Waals surface area (Å²) in [7, 11) is -1.74. The highest BCUT2D eigenvalue weighted by atomic mass is 32.3. The quantitative estimate of drug-likeness (QED) is 0.0416. The Labute approximate surface area is 301 Å². The van der Waals surface area contributed by atoms with Gasteiger partial charge in [0.15, 0.2) is 10.8 Å². The topological polar surface area (TPSA) is 269 Å². The first-order chi connectivity index (χ1) is 24.6. The number of carbonyl (C=O) groups is 3. The van der Waals surface area contributed by atoms with Crippen molar-refractivity contribution in [2.24, 2.45) is 17.9 Å². The molecular weight excluding hydrogens is 725 g/mol. The molecule has 52 heavy (non-hydrogen) atoms. The predicted octanol–water partition coefficient (Wildman–Crippen LogP) is 0.173. The zero-order valence-corrected chi connectivity index (χ0v) is 30.0. The van der Waals surface area contributed by atoms with Gasteiger partial charge in [-0.2, -0.15) is 18.2 Å². The number of aryl methyl sites for hydroxylation is 1. The maximum Gasteiger partial charge on any atom is 0.420 e. The molecule has 1 unspecified atom stereocenters. The van der Waals surface area contributed by atoms with E-state index in [0.717, 1.165) is 42.6 Å². The van der Waals surface area contributed by atoms with Gasteiger partial charge in [0.1, 0.15) is 31.1 Å². The van der Waals surface area contributed by atoms with Crippen LogP contribution in [0.1, 0.15) is 26.0 Å². The Bertz CT molecular complexity index is 2120. The van der Waals surface area contributed by atoms with Crippen molar-refractivity contribution in [3.05, 3.63) is 53.7 Å². The van der Waals surface area contributed by atoms with Crippen LogP contribution in [-0.2, 0) is 51.7 Å². The first-order valence-corrected chi connectivity index (χ1v) is 17.7. The number of thiazole rings is 1. The Hall–Kier alpha value is -5.42. The van der Waals surface area contributed by atoms with Crippen molar-refractivity contribution in [2.45, 2.75) is 44.5 Å². The summed E-state index contributed by atoms with van der Waals surface area (Å²) in [5, 5.41) is 22.0. The second kappa shape index (κ2) is 15.4. The molecule has 1 aromatic carbocycles. The number of hydrogen-bond donors (Lipinski definition) is 5. The summed E-state index contributed by atoms with van der Waals surface area (Å²) in [5.41, 5.74) is 10.1. The molecule has 5 rings (SSSR count). The molecule has 0 aliphatic carbocycles. The normalized spacial score (nSPS) is 16.3. The summed E-state index contributed by atoms with van der Waals surface area (Å²) in [5.74, 6) is -1.59. The van der Waals surface area contributed by atoms with Gasteiger partial charge in [-0.3, -0.25) is 13.8 Å². The number of carbonyl (C=O) groups excluding carboxylic acids is 2. The molecule has 278 valence electrons. The van der Waals surface area contributed by atoms with Gasteiger partial charge in [-0.05, 0) is 51.1 Å². The van der Waals surface area contributed by atoms with Crippen molar-refractivity contribution < 1.29 is 50.6 Å². The predicted molar refractivity (Wildman–Crippen MR) is 185 cm³/mol. The molecule has 4 heterocycles. The smallest absolute Gasteiger partial charge is 0.420 e. The molecule has 1 saturated heterocycles. The highest BCUT2D eigenvalue weighted by Gasteiger charge is 2.58. The summed E-state index contributed by atoms with van der Waals surface area (Å²) >= 11 is 0.971. The molecule has 0 bridgehead atoms. The number of oxime groups is 1. The van der Waals surface area contributed by atoms with Gasteiger partial charge < -0.3 is 31.5 Å². The van der Waals surface area contributed by atoms with Crippen LogP contribution >= 0.6 is 11.3 Å². The third-order valence-corrected chi connectivity index (χ3v) is 9.31. The van der Waals surface area contributed by atoms with Crippen LogP contribution in [0.15, 0.2) is 53.1 Å². The first kappa shape index (κ1) is 37.8. The highest BCUT2D eigenvalue weighted by molar-refractivity contribution is 7.81. The number of nitrogens with two attached hydrogens (primary N) is 2. The first-order valence-electron chi connectivity index (χ1n) is 15.5. The van der Waals surface area contributed by atoms with Crippen LogP contribution in [0.5, 0.6) is 5.75 Å². The summed E-state index contributed by atoms with van der Waals surface area (Å²) in [6.45, 7) is 3.72. The van der Waals surface area contributed by atoms with Crippen molar-refractivity contribution in [3.63, 3.8) is 0 Å². The Morgan fingerprint density at radius 3 is 2.63 bits per heavy atom. The molecular formula is C30H37N10O10S2+. The Kier molecular flexibility index (Phi) is 11.2. The number of amides is 2. The van der Waals surface area contributed by atoms with Gasteiger partial charge in [0.25, 0.3) is 17.9 Å². The number of carboxylic acids is 1. The SMILES string of the molecule is COS(=O)(=O)ON1C(=O)C(NC(=O)/C(=N\O[C@@H](COc2ccc3nc(Nc4ccn(CCCN)[n+]4C)ccc3c2)C(=O)O)c2csc(N)n2)C1(C)C. The number of anilines is 3. The lowest BCUT2D eigenvalue weighted by molar-refractivity contribution is -0.740. The van der Waals surface area contributed by atoms with Gasteiger partial charge in [-0.15, -0.1) is 15.6 Å². The number of carboxylic acid groups (broad SMARTS) is 1. The molecule has 1 aliphatic rings. The summed E-state index contributed by atoms with van der Waals surface area (Å²) in [6, 6.07) is 9.29. The highest BCUT2D eigenvalue weighted by Crippen LogP contribution is 2.33. The van der Waals surface area contributed by atoms with Crippen LogP contribution in [0.4, 0.5) is 16.8 Å². The molecule has 1 aliphatic heterocycles. The number of ether oxygens (including phenoxy) is 1. The van der Waals surface area contributed by atoms with Crippen LogP contribution in [0.2, 0.25) is 0 Å². The molecule has 0 spiro atoms. The summed E-state index contributed by atoms with van der Waals surface area (Å²) in [4.78, 5) is 52.1. The maximum atomic E-state index is 13.4. The zero-order chi connectivity index (χ0) is 37.8. The number of aromatic nitrogens is 4. The second-order valence-electron chi connectivity index (χ2n) is 11.8. The fraction of sp³-hybridized carbons (Fsp3) is 0.367. The molecule has 4 aromatic rings. The summed E-state index contributed by atoms with van der Waals surface area (Å²) < 4.78 is 42.0. The van der Waals surface area contributed by atoms with Crippen LogP contribution in [0.3, 0.4) is 0 Å². The minimum absolute atomic E-state index is 0.0677. The lowest BCUT2D eigenvalue weighted by Gasteiger charge is -2.50. The molecule has 22 heteroatoms. The molecule has 20 nitrogen and oxygen atoms in total. The average Bonchev–Trinajstić information content (AvgIpc) is 3.70. The third-order valence-electron chi connectivity index (χ3n) is 7.90. The fourth-order valence-corrected chi connectivity index (χ4v) is 6.04. The van der Waals surface area contributed by atoms with Crippen LogP contribution in [0, 0.1) is 0 Å². The van der Waals surface area contributed by atoms with Gasteiger partial charge in [-0.1, -0.05) is 5.16 Å². The lowest BCUT2D eigenvalue weighted by Crippen LogP contribution is -2.76. The largest absolute Gasteiger partial charge is 0.489 e. The molecule has 0 radical (unpaired) electrons. The average molecular weight is 762 g/mol. The van der Waals surface area contributed by atoms with E-state index in [1.807, 2.05) is 34.7 Å². The number of β-lactam (4-membered cyclic amide) rings is 1. The number of hydroxylamine groups is 2. The Balaban J connectivity index is 1.26. The minimum atomic E-state index is -4.52. The van der Waals surface area contributed by atoms with E-state index in [0.29, 0.717) is 28.7 Å². The molecule has 1 fully saturated rings.